The fourth-order valence-corrected chi connectivity index (χ4v) is 4.06. The van der Waals surface area contributed by atoms with E-state index in [9.17, 15) is 19.5 Å². The fourth-order valence-electron chi connectivity index (χ4n) is 3.13. The van der Waals surface area contributed by atoms with E-state index >= 15 is 0 Å². The average molecular weight is 348 g/mol. The molecular weight excluding hydrogens is 328 g/mol. The van der Waals surface area contributed by atoms with E-state index in [1.807, 2.05) is 19.9 Å². The zero-order valence-electron chi connectivity index (χ0n) is 13.6. The first-order chi connectivity index (χ1) is 11.4. The number of fused-ring (bicyclic) bond motifs is 1. The van der Waals surface area contributed by atoms with Crippen molar-refractivity contribution >= 4 is 35.2 Å². The quantitative estimate of drug-likeness (QED) is 0.857. The Morgan fingerprint density at radius 2 is 2.08 bits per heavy atom. The Morgan fingerprint density at radius 1 is 1.33 bits per heavy atom. The minimum absolute atomic E-state index is 0.0905. The van der Waals surface area contributed by atoms with Gasteiger partial charge in [-0.2, -0.15) is 0 Å². The zero-order chi connectivity index (χ0) is 17.4. The molecule has 0 spiro atoms. The molecule has 0 aromatic heterocycles. The van der Waals surface area contributed by atoms with Gasteiger partial charge in [0, 0.05) is 17.0 Å². The molecule has 1 aromatic rings. The van der Waals surface area contributed by atoms with Crippen molar-refractivity contribution in [2.24, 2.45) is 5.92 Å². The van der Waals surface area contributed by atoms with Crippen molar-refractivity contribution in [1.29, 1.82) is 0 Å². The number of anilines is 1. The normalized spacial score (nSPS) is 26.5. The summed E-state index contributed by atoms with van der Waals surface area (Å²) in [6, 6.07) is 4.37. The van der Waals surface area contributed by atoms with E-state index in [1.54, 1.807) is 12.1 Å². The first kappa shape index (κ1) is 16.8. The van der Waals surface area contributed by atoms with Crippen LogP contribution in [0.2, 0.25) is 0 Å². The number of hydrogen-bond acceptors (Lipinski definition) is 4. The summed E-state index contributed by atoms with van der Waals surface area (Å²) in [6.07, 6.45) is 1.26. The highest BCUT2D eigenvalue weighted by atomic mass is 32.2. The Balaban J connectivity index is 1.86. The molecule has 0 saturated carbocycles. The summed E-state index contributed by atoms with van der Waals surface area (Å²) >= 11 is 1.45. The molecule has 0 radical (unpaired) electrons. The van der Waals surface area contributed by atoms with Crippen molar-refractivity contribution in [2.75, 3.05) is 11.9 Å². The van der Waals surface area contributed by atoms with Crippen molar-refractivity contribution in [3.05, 3.63) is 23.8 Å². The first-order valence-corrected chi connectivity index (χ1v) is 8.90. The van der Waals surface area contributed by atoms with Crippen molar-refractivity contribution in [2.45, 2.75) is 42.9 Å². The summed E-state index contributed by atoms with van der Waals surface area (Å²) < 4.78 is 0. The van der Waals surface area contributed by atoms with Crippen LogP contribution in [0.15, 0.2) is 23.1 Å². The molecule has 3 atom stereocenters. The number of carboxylic acids is 1. The van der Waals surface area contributed by atoms with E-state index < -0.39 is 12.0 Å². The van der Waals surface area contributed by atoms with Crippen molar-refractivity contribution in [3.8, 4) is 0 Å². The second-order valence-electron chi connectivity index (χ2n) is 6.44. The number of aliphatic carboxylic acids is 1. The highest BCUT2D eigenvalue weighted by Gasteiger charge is 2.35. The van der Waals surface area contributed by atoms with E-state index in [2.05, 4.69) is 5.32 Å². The van der Waals surface area contributed by atoms with E-state index in [-0.39, 0.29) is 23.0 Å². The maximum Gasteiger partial charge on any atom is 0.326 e. The van der Waals surface area contributed by atoms with E-state index in [0.29, 0.717) is 24.2 Å². The van der Waals surface area contributed by atoms with Gasteiger partial charge in [-0.25, -0.2) is 4.79 Å². The third-order valence-corrected chi connectivity index (χ3v) is 5.75. The smallest absolute Gasteiger partial charge is 0.326 e. The largest absolute Gasteiger partial charge is 0.480 e. The molecule has 3 unspecified atom stereocenters. The number of carbonyl (C=O) groups excluding carboxylic acids is 2. The van der Waals surface area contributed by atoms with Crippen LogP contribution in [0.25, 0.3) is 0 Å². The summed E-state index contributed by atoms with van der Waals surface area (Å²) in [5.74, 6) is -1.07. The maximum atomic E-state index is 12.8. The first-order valence-electron chi connectivity index (χ1n) is 8.02. The molecular formula is C17H20N2O4S. The predicted molar refractivity (Wildman–Crippen MR) is 91.2 cm³/mol. The third-order valence-electron chi connectivity index (χ3n) is 4.57. The third kappa shape index (κ3) is 3.13. The number of nitrogens with zero attached hydrogens (tertiary/aromatic N) is 1. The molecule has 2 aliphatic heterocycles. The maximum absolute atomic E-state index is 12.8. The molecule has 0 aliphatic carbocycles. The lowest BCUT2D eigenvalue weighted by Gasteiger charge is -2.36. The fraction of sp³-hybridized carbons (Fsp3) is 0.471. The van der Waals surface area contributed by atoms with Crippen LogP contribution in [0.5, 0.6) is 0 Å². The number of nitrogens with one attached hydrogen (secondary N) is 1. The molecule has 1 aromatic carbocycles. The zero-order valence-corrected chi connectivity index (χ0v) is 14.4. The van der Waals surface area contributed by atoms with Crippen molar-refractivity contribution in [1.82, 2.24) is 4.90 Å². The van der Waals surface area contributed by atoms with Gasteiger partial charge in [-0.05, 0) is 43.9 Å². The molecule has 2 heterocycles. The molecule has 24 heavy (non-hydrogen) atoms. The van der Waals surface area contributed by atoms with Crippen LogP contribution in [-0.2, 0) is 9.59 Å². The average Bonchev–Trinajstić information content (AvgIpc) is 2.54. The monoisotopic (exact) mass is 348 g/mol. The molecule has 2 amide bonds. The minimum atomic E-state index is -0.967. The van der Waals surface area contributed by atoms with Crippen LogP contribution in [0, 0.1) is 5.92 Å². The van der Waals surface area contributed by atoms with Gasteiger partial charge in [0.2, 0.25) is 5.91 Å². The molecule has 7 heteroatoms. The van der Waals surface area contributed by atoms with Crippen LogP contribution in [0.4, 0.5) is 5.69 Å². The van der Waals surface area contributed by atoms with Gasteiger partial charge in [-0.3, -0.25) is 9.59 Å². The Hall–Kier alpha value is -2.02. The molecule has 6 nitrogen and oxygen atoms in total. The SMILES string of the molecule is CC1CCN(C(=O)c2ccc3c(c2)NC(=O)C(C)S3)C(C(=O)O)C1. The summed E-state index contributed by atoms with van der Waals surface area (Å²) in [5.41, 5.74) is 1.02. The molecule has 1 saturated heterocycles. The van der Waals surface area contributed by atoms with E-state index in [1.165, 1.54) is 16.7 Å². The number of carbonyl (C=O) groups is 3. The van der Waals surface area contributed by atoms with Gasteiger partial charge in [0.1, 0.15) is 6.04 Å². The lowest BCUT2D eigenvalue weighted by atomic mass is 9.92. The van der Waals surface area contributed by atoms with Crippen molar-refractivity contribution < 1.29 is 19.5 Å². The van der Waals surface area contributed by atoms with Gasteiger partial charge in [-0.1, -0.05) is 6.92 Å². The van der Waals surface area contributed by atoms with Gasteiger partial charge in [0.15, 0.2) is 0 Å². The lowest BCUT2D eigenvalue weighted by Crippen LogP contribution is -2.49. The minimum Gasteiger partial charge on any atom is -0.480 e. The molecule has 0 bridgehead atoms. The van der Waals surface area contributed by atoms with Gasteiger partial charge in [0.25, 0.3) is 5.91 Å². The number of rotatable bonds is 2. The van der Waals surface area contributed by atoms with Crippen LogP contribution in [-0.4, -0.2) is 45.6 Å². The Morgan fingerprint density at radius 3 is 2.79 bits per heavy atom. The second-order valence-corrected chi connectivity index (χ2v) is 7.83. The molecule has 3 rings (SSSR count). The van der Waals surface area contributed by atoms with Gasteiger partial charge < -0.3 is 15.3 Å². The molecule has 2 N–H and O–H groups in total. The Bertz CT molecular complexity index is 706. The highest BCUT2D eigenvalue weighted by Crippen LogP contribution is 2.36. The van der Waals surface area contributed by atoms with Crippen LogP contribution >= 0.6 is 11.8 Å². The lowest BCUT2D eigenvalue weighted by molar-refractivity contribution is -0.144. The highest BCUT2D eigenvalue weighted by molar-refractivity contribution is 8.00. The molecule has 2 aliphatic rings. The van der Waals surface area contributed by atoms with Crippen molar-refractivity contribution in [3.63, 3.8) is 0 Å². The van der Waals surface area contributed by atoms with Crippen LogP contribution in [0.1, 0.15) is 37.0 Å². The summed E-state index contributed by atoms with van der Waals surface area (Å²) in [5, 5.41) is 12.1. The Kier molecular flexibility index (Phi) is 4.54. The number of hydrogen-bond donors (Lipinski definition) is 2. The Labute approximate surface area is 144 Å². The topological polar surface area (TPSA) is 86.7 Å². The standard InChI is InChI=1S/C17H20N2O4S/c1-9-5-6-19(13(7-9)17(22)23)16(21)11-3-4-14-12(8-11)18-15(20)10(2)24-14/h3-4,8-10,13H,5-7H2,1-2H3,(H,18,20)(H,22,23). The van der Waals surface area contributed by atoms with Gasteiger partial charge >= 0.3 is 5.97 Å². The number of benzene rings is 1. The van der Waals surface area contributed by atoms with Gasteiger partial charge in [0.05, 0.1) is 10.9 Å². The number of likely N-dealkylation sites (tertiary alicyclic amines) is 1. The van der Waals surface area contributed by atoms with E-state index in [4.69, 9.17) is 0 Å². The number of piperidine rings is 1. The molecule has 1 fully saturated rings. The molecule has 128 valence electrons. The van der Waals surface area contributed by atoms with E-state index in [0.717, 1.165) is 11.3 Å². The summed E-state index contributed by atoms with van der Waals surface area (Å²) in [4.78, 5) is 38.5. The van der Waals surface area contributed by atoms with Crippen LogP contribution < -0.4 is 5.32 Å². The second kappa shape index (κ2) is 6.47. The van der Waals surface area contributed by atoms with Gasteiger partial charge in [-0.15, -0.1) is 11.8 Å². The predicted octanol–water partition coefficient (Wildman–Crippen LogP) is 2.44. The number of carboxylic acid groups (broad SMARTS) is 1. The summed E-state index contributed by atoms with van der Waals surface area (Å²) in [7, 11) is 0. The number of amides is 2. The van der Waals surface area contributed by atoms with Crippen LogP contribution in [0.3, 0.4) is 0 Å². The number of thioether (sulfide) groups is 1. The summed E-state index contributed by atoms with van der Waals surface area (Å²) in [6.45, 7) is 4.27.